The van der Waals surface area contributed by atoms with Gasteiger partial charge in [-0.15, -0.1) is 0 Å². The predicted octanol–water partition coefficient (Wildman–Crippen LogP) is 1.79. The quantitative estimate of drug-likeness (QED) is 0.688. The van der Waals surface area contributed by atoms with Crippen LogP contribution in [0.15, 0.2) is 48.9 Å². The lowest BCUT2D eigenvalue weighted by Gasteiger charge is -2.08. The Labute approximate surface area is 102 Å². The molecule has 0 fully saturated rings. The van der Waals surface area contributed by atoms with Gasteiger partial charge in [0, 0.05) is 18.3 Å². The van der Waals surface area contributed by atoms with Gasteiger partial charge < -0.3 is 10.6 Å². The highest BCUT2D eigenvalue weighted by molar-refractivity contribution is 5.82. The smallest absolute Gasteiger partial charge is 0.230 e. The van der Waals surface area contributed by atoms with E-state index in [1.165, 1.54) is 13.0 Å². The first-order valence-electron chi connectivity index (χ1n) is 5.18. The second-order valence-electron chi connectivity index (χ2n) is 3.42. The summed E-state index contributed by atoms with van der Waals surface area (Å²) in [6.07, 6.45) is 6.48. The van der Waals surface area contributed by atoms with Gasteiger partial charge in [0.25, 0.3) is 0 Å². The molecular formula is C13H18N2O2. The van der Waals surface area contributed by atoms with Crippen LogP contribution in [-0.2, 0) is 9.59 Å². The Bertz CT molecular complexity index is 379. The first-order valence-corrected chi connectivity index (χ1v) is 5.18. The van der Waals surface area contributed by atoms with Crippen LogP contribution in [0.25, 0.3) is 0 Å². The van der Waals surface area contributed by atoms with E-state index < -0.39 is 0 Å². The molecule has 0 aliphatic heterocycles. The molecule has 0 radical (unpaired) electrons. The number of nitrogens with one attached hydrogen (secondary N) is 2. The average molecular weight is 234 g/mol. The molecule has 0 aromatic rings. The van der Waals surface area contributed by atoms with Crippen molar-refractivity contribution in [2.75, 3.05) is 0 Å². The molecule has 0 atom stereocenters. The highest BCUT2D eigenvalue weighted by atomic mass is 16.2. The van der Waals surface area contributed by atoms with Gasteiger partial charge in [-0.05, 0) is 19.1 Å². The molecule has 0 aromatic heterocycles. The fraction of sp³-hybridized carbons (Fsp3) is 0.231. The fourth-order valence-electron chi connectivity index (χ4n) is 1.17. The summed E-state index contributed by atoms with van der Waals surface area (Å²) in [6, 6.07) is 0. The summed E-state index contributed by atoms with van der Waals surface area (Å²) in [5.41, 5.74) is 1.21. The van der Waals surface area contributed by atoms with Gasteiger partial charge in [0.1, 0.15) is 0 Å². The third kappa shape index (κ3) is 7.79. The zero-order chi connectivity index (χ0) is 13.3. The molecule has 0 saturated carbocycles. The van der Waals surface area contributed by atoms with Crippen LogP contribution in [0.1, 0.15) is 20.3 Å². The summed E-state index contributed by atoms with van der Waals surface area (Å²) in [5, 5.41) is 5.23. The van der Waals surface area contributed by atoms with E-state index >= 15 is 0 Å². The molecule has 0 aliphatic carbocycles. The number of allylic oxidation sites excluding steroid dienone is 5. The van der Waals surface area contributed by atoms with E-state index in [-0.39, 0.29) is 18.2 Å². The van der Waals surface area contributed by atoms with Crippen molar-refractivity contribution in [1.82, 2.24) is 10.6 Å². The number of hydrogen-bond donors (Lipinski definition) is 2. The number of hydrogen-bond acceptors (Lipinski definition) is 2. The van der Waals surface area contributed by atoms with Crippen LogP contribution in [0.2, 0.25) is 0 Å². The molecule has 92 valence electrons. The summed E-state index contributed by atoms with van der Waals surface area (Å²) in [6.45, 7) is 10.2. The Morgan fingerprint density at radius 1 is 1.06 bits per heavy atom. The van der Waals surface area contributed by atoms with Gasteiger partial charge in [-0.2, -0.15) is 0 Å². The SMILES string of the molecule is C=C/C=C(\C)NC(=O)C/C(=C\C=C)NC(C)=O. The normalized spacial score (nSPS) is 11.6. The maximum Gasteiger partial charge on any atom is 0.230 e. The van der Waals surface area contributed by atoms with Crippen LogP contribution in [0.3, 0.4) is 0 Å². The number of carbonyl (C=O) groups excluding carboxylic acids is 2. The van der Waals surface area contributed by atoms with Gasteiger partial charge >= 0.3 is 0 Å². The van der Waals surface area contributed by atoms with Crippen molar-refractivity contribution in [2.24, 2.45) is 0 Å². The molecule has 2 amide bonds. The van der Waals surface area contributed by atoms with Gasteiger partial charge in [0.15, 0.2) is 0 Å². The van der Waals surface area contributed by atoms with Crippen LogP contribution < -0.4 is 10.6 Å². The van der Waals surface area contributed by atoms with E-state index in [1.807, 2.05) is 0 Å². The molecule has 2 N–H and O–H groups in total. The summed E-state index contributed by atoms with van der Waals surface area (Å²) < 4.78 is 0. The summed E-state index contributed by atoms with van der Waals surface area (Å²) >= 11 is 0. The van der Waals surface area contributed by atoms with Crippen LogP contribution in [0, 0.1) is 0 Å². The Morgan fingerprint density at radius 2 is 1.65 bits per heavy atom. The Morgan fingerprint density at radius 3 is 2.12 bits per heavy atom. The molecule has 0 unspecified atom stereocenters. The van der Waals surface area contributed by atoms with Gasteiger partial charge in [-0.25, -0.2) is 0 Å². The third-order valence-corrected chi connectivity index (χ3v) is 1.71. The molecular weight excluding hydrogens is 216 g/mol. The lowest BCUT2D eigenvalue weighted by Crippen LogP contribution is -2.27. The van der Waals surface area contributed by atoms with Crippen molar-refractivity contribution in [2.45, 2.75) is 20.3 Å². The molecule has 0 bridgehead atoms. The van der Waals surface area contributed by atoms with E-state index in [9.17, 15) is 9.59 Å². The Hall–Kier alpha value is -2.10. The van der Waals surface area contributed by atoms with E-state index in [2.05, 4.69) is 23.8 Å². The fourth-order valence-corrected chi connectivity index (χ4v) is 1.17. The molecule has 0 rings (SSSR count). The summed E-state index contributed by atoms with van der Waals surface area (Å²) in [4.78, 5) is 22.5. The van der Waals surface area contributed by atoms with Gasteiger partial charge in [0.2, 0.25) is 11.8 Å². The van der Waals surface area contributed by atoms with Crippen molar-refractivity contribution in [3.63, 3.8) is 0 Å². The minimum absolute atomic E-state index is 0.0912. The number of rotatable bonds is 6. The maximum absolute atomic E-state index is 11.6. The molecule has 4 heteroatoms. The standard InChI is InChI=1S/C13H18N2O2/c1-5-7-10(3)14-13(17)9-12(8-6-2)15-11(4)16/h5-8H,1-2,9H2,3-4H3,(H,14,17)(H,15,16)/b10-7+,12-8+. The first-order chi connectivity index (χ1) is 7.99. The molecule has 0 aromatic carbocycles. The van der Waals surface area contributed by atoms with E-state index in [1.54, 1.807) is 25.2 Å². The molecule has 4 nitrogen and oxygen atoms in total. The lowest BCUT2D eigenvalue weighted by molar-refractivity contribution is -0.120. The minimum atomic E-state index is -0.218. The highest BCUT2D eigenvalue weighted by Gasteiger charge is 2.06. The Balaban J connectivity index is 4.46. The van der Waals surface area contributed by atoms with Crippen LogP contribution >= 0.6 is 0 Å². The van der Waals surface area contributed by atoms with Crippen molar-refractivity contribution >= 4 is 11.8 Å². The second-order valence-corrected chi connectivity index (χ2v) is 3.42. The summed E-state index contributed by atoms with van der Waals surface area (Å²) in [5.74, 6) is -0.424. The van der Waals surface area contributed by atoms with Crippen LogP contribution in [0.4, 0.5) is 0 Å². The van der Waals surface area contributed by atoms with E-state index in [4.69, 9.17) is 0 Å². The Kier molecular flexibility index (Phi) is 7.10. The largest absolute Gasteiger partial charge is 0.330 e. The van der Waals surface area contributed by atoms with Crippen LogP contribution in [0.5, 0.6) is 0 Å². The molecule has 0 heterocycles. The number of carbonyl (C=O) groups is 2. The molecule has 0 saturated heterocycles. The second kappa shape index (κ2) is 8.10. The van der Waals surface area contributed by atoms with Crippen molar-refractivity contribution < 1.29 is 9.59 Å². The topological polar surface area (TPSA) is 58.2 Å². The van der Waals surface area contributed by atoms with E-state index in [0.29, 0.717) is 11.4 Å². The van der Waals surface area contributed by atoms with E-state index in [0.717, 1.165) is 0 Å². The zero-order valence-electron chi connectivity index (χ0n) is 10.2. The van der Waals surface area contributed by atoms with Gasteiger partial charge in [-0.1, -0.05) is 25.3 Å². The maximum atomic E-state index is 11.6. The van der Waals surface area contributed by atoms with Crippen molar-refractivity contribution in [1.29, 1.82) is 0 Å². The molecule has 0 aliphatic rings. The van der Waals surface area contributed by atoms with Crippen molar-refractivity contribution in [3.8, 4) is 0 Å². The van der Waals surface area contributed by atoms with Gasteiger partial charge in [0.05, 0.1) is 6.42 Å². The van der Waals surface area contributed by atoms with Crippen LogP contribution in [-0.4, -0.2) is 11.8 Å². The highest BCUT2D eigenvalue weighted by Crippen LogP contribution is 1.99. The minimum Gasteiger partial charge on any atom is -0.330 e. The molecule has 0 spiro atoms. The predicted molar refractivity (Wildman–Crippen MR) is 68.8 cm³/mol. The van der Waals surface area contributed by atoms with Gasteiger partial charge in [-0.3, -0.25) is 9.59 Å². The lowest BCUT2D eigenvalue weighted by atomic mass is 10.2. The third-order valence-electron chi connectivity index (χ3n) is 1.71. The molecule has 17 heavy (non-hydrogen) atoms. The first kappa shape index (κ1) is 14.9. The van der Waals surface area contributed by atoms with Crippen molar-refractivity contribution in [3.05, 3.63) is 48.9 Å². The summed E-state index contributed by atoms with van der Waals surface area (Å²) in [7, 11) is 0. The average Bonchev–Trinajstić information content (AvgIpc) is 2.16. The number of amides is 2. The monoisotopic (exact) mass is 234 g/mol. The zero-order valence-corrected chi connectivity index (χ0v) is 10.2.